The third kappa shape index (κ3) is 7.11. The molecule has 0 fully saturated rings. The van der Waals surface area contributed by atoms with Gasteiger partial charge in [0, 0.05) is 12.1 Å². The highest BCUT2D eigenvalue weighted by atomic mass is 16.3. The average Bonchev–Trinajstić information content (AvgIpc) is 2.89. The molecule has 0 atom stereocenters. The molecule has 1 aromatic heterocycles. The van der Waals surface area contributed by atoms with Crippen LogP contribution in [0.1, 0.15) is 64.2 Å². The van der Waals surface area contributed by atoms with Crippen molar-refractivity contribution >= 4 is 0 Å². The van der Waals surface area contributed by atoms with Crippen LogP contribution in [0.5, 0.6) is 0 Å². The summed E-state index contributed by atoms with van der Waals surface area (Å²) in [6.07, 6.45) is 8.13. The molecule has 1 aromatic rings. The first kappa shape index (κ1) is 17.3. The Bertz CT molecular complexity index is 327. The molecule has 3 nitrogen and oxygen atoms in total. The van der Waals surface area contributed by atoms with Crippen molar-refractivity contribution in [3.05, 3.63) is 23.7 Å². The molecule has 0 spiro atoms. The van der Waals surface area contributed by atoms with Crippen LogP contribution < -0.4 is 5.32 Å². The van der Waals surface area contributed by atoms with Gasteiger partial charge in [0.05, 0.1) is 12.8 Å². The van der Waals surface area contributed by atoms with Crippen LogP contribution in [0.3, 0.4) is 0 Å². The van der Waals surface area contributed by atoms with Crippen molar-refractivity contribution < 1.29 is 4.42 Å². The summed E-state index contributed by atoms with van der Waals surface area (Å²) in [4.78, 5) is 2.52. The van der Waals surface area contributed by atoms with Crippen LogP contribution in [-0.4, -0.2) is 24.5 Å². The van der Waals surface area contributed by atoms with Gasteiger partial charge in [-0.05, 0) is 45.0 Å². The standard InChI is InChI=1S/C17H32N2O/c1-4-7-10-19(11-8-5-2)14-17-12-16(15-20-17)13-18-9-6-3/h12,15,18H,4-11,13-14H2,1-3H3. The number of nitrogens with one attached hydrogen (secondary N) is 1. The lowest BCUT2D eigenvalue weighted by molar-refractivity contribution is 0.237. The highest BCUT2D eigenvalue weighted by molar-refractivity contribution is 5.12. The largest absolute Gasteiger partial charge is 0.468 e. The Morgan fingerprint density at radius 3 is 2.35 bits per heavy atom. The van der Waals surface area contributed by atoms with E-state index >= 15 is 0 Å². The molecule has 0 aliphatic carbocycles. The van der Waals surface area contributed by atoms with E-state index in [4.69, 9.17) is 4.42 Å². The van der Waals surface area contributed by atoms with E-state index in [2.05, 4.69) is 37.1 Å². The van der Waals surface area contributed by atoms with Gasteiger partial charge < -0.3 is 9.73 Å². The Kier molecular flexibility index (Phi) is 9.42. The minimum atomic E-state index is 0.918. The first-order valence-electron chi connectivity index (χ1n) is 8.29. The summed E-state index contributed by atoms with van der Waals surface area (Å²) < 4.78 is 5.70. The van der Waals surface area contributed by atoms with Crippen LogP contribution in [0.2, 0.25) is 0 Å². The minimum absolute atomic E-state index is 0.918. The van der Waals surface area contributed by atoms with Crippen LogP contribution in [0.25, 0.3) is 0 Å². The molecule has 0 aromatic carbocycles. The molecular weight excluding hydrogens is 248 g/mol. The Morgan fingerprint density at radius 2 is 1.75 bits per heavy atom. The number of unbranched alkanes of at least 4 members (excludes halogenated alkanes) is 2. The molecule has 1 rings (SSSR count). The maximum absolute atomic E-state index is 5.70. The van der Waals surface area contributed by atoms with Crippen molar-refractivity contribution in [2.45, 2.75) is 66.0 Å². The maximum atomic E-state index is 5.70. The van der Waals surface area contributed by atoms with Gasteiger partial charge in [0.1, 0.15) is 5.76 Å². The Balaban J connectivity index is 2.41. The predicted octanol–water partition coefficient (Wildman–Crippen LogP) is 4.18. The molecule has 116 valence electrons. The Hall–Kier alpha value is -0.800. The Morgan fingerprint density at radius 1 is 1.05 bits per heavy atom. The fourth-order valence-electron chi connectivity index (χ4n) is 2.27. The number of hydrogen-bond donors (Lipinski definition) is 1. The molecule has 0 saturated heterocycles. The van der Waals surface area contributed by atoms with E-state index in [9.17, 15) is 0 Å². The van der Waals surface area contributed by atoms with Gasteiger partial charge in [-0.3, -0.25) is 4.90 Å². The first-order valence-corrected chi connectivity index (χ1v) is 8.29. The normalized spacial score (nSPS) is 11.4. The van der Waals surface area contributed by atoms with Crippen LogP contribution in [-0.2, 0) is 13.1 Å². The number of furan rings is 1. The van der Waals surface area contributed by atoms with Crippen molar-refractivity contribution in [3.8, 4) is 0 Å². The highest BCUT2D eigenvalue weighted by Crippen LogP contribution is 2.12. The van der Waals surface area contributed by atoms with Crippen LogP contribution in [0.15, 0.2) is 16.7 Å². The Labute approximate surface area is 124 Å². The van der Waals surface area contributed by atoms with E-state index in [1.807, 2.05) is 6.26 Å². The summed E-state index contributed by atoms with van der Waals surface area (Å²) >= 11 is 0. The van der Waals surface area contributed by atoms with E-state index in [0.29, 0.717) is 0 Å². The van der Waals surface area contributed by atoms with Gasteiger partial charge in [-0.15, -0.1) is 0 Å². The second-order valence-electron chi connectivity index (χ2n) is 5.58. The van der Waals surface area contributed by atoms with Crippen LogP contribution in [0, 0.1) is 0 Å². The molecule has 0 saturated carbocycles. The molecule has 1 N–H and O–H groups in total. The summed E-state index contributed by atoms with van der Waals surface area (Å²) in [5, 5.41) is 3.41. The number of nitrogens with zero attached hydrogens (tertiary/aromatic N) is 1. The fourth-order valence-corrected chi connectivity index (χ4v) is 2.27. The molecule has 0 radical (unpaired) electrons. The molecule has 0 aliphatic heterocycles. The fraction of sp³-hybridized carbons (Fsp3) is 0.765. The summed E-state index contributed by atoms with van der Waals surface area (Å²) in [7, 11) is 0. The lowest BCUT2D eigenvalue weighted by atomic mass is 10.2. The van der Waals surface area contributed by atoms with Crippen molar-refractivity contribution in [3.63, 3.8) is 0 Å². The van der Waals surface area contributed by atoms with E-state index in [0.717, 1.165) is 25.4 Å². The van der Waals surface area contributed by atoms with Crippen LogP contribution >= 0.6 is 0 Å². The summed E-state index contributed by atoms with van der Waals surface area (Å²) in [5.74, 6) is 1.10. The first-order chi connectivity index (χ1) is 9.80. The van der Waals surface area contributed by atoms with E-state index < -0.39 is 0 Å². The number of hydrogen-bond acceptors (Lipinski definition) is 3. The summed E-state index contributed by atoms with van der Waals surface area (Å²) in [6.45, 7) is 12.0. The monoisotopic (exact) mass is 280 g/mol. The van der Waals surface area contributed by atoms with Crippen molar-refractivity contribution in [2.24, 2.45) is 0 Å². The molecule has 0 bridgehead atoms. The minimum Gasteiger partial charge on any atom is -0.468 e. The van der Waals surface area contributed by atoms with Crippen molar-refractivity contribution in [1.82, 2.24) is 10.2 Å². The van der Waals surface area contributed by atoms with Gasteiger partial charge in [0.15, 0.2) is 0 Å². The van der Waals surface area contributed by atoms with E-state index in [1.165, 1.54) is 50.8 Å². The summed E-state index contributed by atoms with van der Waals surface area (Å²) in [5.41, 5.74) is 1.26. The van der Waals surface area contributed by atoms with Crippen LogP contribution in [0.4, 0.5) is 0 Å². The predicted molar refractivity (Wildman–Crippen MR) is 85.8 cm³/mol. The quantitative estimate of drug-likeness (QED) is 0.582. The second-order valence-corrected chi connectivity index (χ2v) is 5.58. The zero-order chi connectivity index (χ0) is 14.6. The topological polar surface area (TPSA) is 28.4 Å². The lowest BCUT2D eigenvalue weighted by Crippen LogP contribution is -2.25. The van der Waals surface area contributed by atoms with Gasteiger partial charge in [-0.2, -0.15) is 0 Å². The lowest BCUT2D eigenvalue weighted by Gasteiger charge is -2.20. The average molecular weight is 280 g/mol. The molecule has 20 heavy (non-hydrogen) atoms. The van der Waals surface area contributed by atoms with E-state index in [-0.39, 0.29) is 0 Å². The number of rotatable bonds is 12. The van der Waals surface area contributed by atoms with Crippen molar-refractivity contribution in [1.29, 1.82) is 0 Å². The van der Waals surface area contributed by atoms with Gasteiger partial charge in [-0.25, -0.2) is 0 Å². The highest BCUT2D eigenvalue weighted by Gasteiger charge is 2.08. The zero-order valence-electron chi connectivity index (χ0n) is 13.6. The third-order valence-electron chi connectivity index (χ3n) is 3.50. The van der Waals surface area contributed by atoms with Gasteiger partial charge in [-0.1, -0.05) is 33.6 Å². The molecule has 0 unspecified atom stereocenters. The third-order valence-corrected chi connectivity index (χ3v) is 3.50. The second kappa shape index (κ2) is 10.9. The molecule has 3 heteroatoms. The van der Waals surface area contributed by atoms with Gasteiger partial charge in [0.2, 0.25) is 0 Å². The molecule has 1 heterocycles. The molecule has 0 amide bonds. The summed E-state index contributed by atoms with van der Waals surface area (Å²) in [6, 6.07) is 2.20. The maximum Gasteiger partial charge on any atom is 0.118 e. The SMILES string of the molecule is CCCCN(CCCC)Cc1cc(CNCCC)co1. The smallest absolute Gasteiger partial charge is 0.118 e. The van der Waals surface area contributed by atoms with Gasteiger partial charge >= 0.3 is 0 Å². The van der Waals surface area contributed by atoms with Gasteiger partial charge in [0.25, 0.3) is 0 Å². The van der Waals surface area contributed by atoms with Crippen molar-refractivity contribution in [2.75, 3.05) is 19.6 Å². The molecule has 0 aliphatic rings. The van der Waals surface area contributed by atoms with E-state index in [1.54, 1.807) is 0 Å². The zero-order valence-corrected chi connectivity index (χ0v) is 13.6. The molecular formula is C17H32N2O.